The first-order chi connectivity index (χ1) is 16.5. The highest BCUT2D eigenvalue weighted by Gasteiger charge is 2.30. The summed E-state index contributed by atoms with van der Waals surface area (Å²) in [7, 11) is -4.27. The smallest absolute Gasteiger partial charge is 0.416 e. The molecule has 0 amide bonds. The van der Waals surface area contributed by atoms with Crippen LogP contribution in [0.25, 0.3) is 5.57 Å². The first-order valence-corrected chi connectivity index (χ1v) is 13.0. The van der Waals surface area contributed by atoms with Crippen LogP contribution in [0, 0.1) is 5.82 Å². The molecule has 186 valence electrons. The fourth-order valence-corrected chi connectivity index (χ4v) is 5.44. The average Bonchev–Trinajstić information content (AvgIpc) is 3.31. The van der Waals surface area contributed by atoms with Crippen LogP contribution in [0.2, 0.25) is 5.02 Å². The quantitative estimate of drug-likeness (QED) is 0.378. The lowest BCUT2D eigenvalue weighted by Crippen LogP contribution is -2.38. The second kappa shape index (κ2) is 10.1. The highest BCUT2D eigenvalue weighted by Crippen LogP contribution is 2.33. The third-order valence-corrected chi connectivity index (χ3v) is 7.42. The third kappa shape index (κ3) is 5.95. The molecule has 13 heteroatoms. The lowest BCUT2D eigenvalue weighted by atomic mass is 9.94. The Labute approximate surface area is 207 Å². The van der Waals surface area contributed by atoms with Crippen LogP contribution in [-0.4, -0.2) is 32.6 Å². The Morgan fingerprint density at radius 3 is 2.63 bits per heavy atom. The predicted molar refractivity (Wildman–Crippen MR) is 126 cm³/mol. The molecule has 0 bridgehead atoms. The number of hydrogen-bond acceptors (Lipinski definition) is 6. The van der Waals surface area contributed by atoms with E-state index in [4.69, 9.17) is 16.3 Å². The molecule has 0 saturated carbocycles. The molecule has 0 spiro atoms. The van der Waals surface area contributed by atoms with Crippen molar-refractivity contribution >= 4 is 44.4 Å². The molecule has 35 heavy (non-hydrogen) atoms. The third-order valence-electron chi connectivity index (χ3n) is 5.17. The van der Waals surface area contributed by atoms with Gasteiger partial charge < -0.3 is 10.1 Å². The normalized spacial score (nSPS) is 16.6. The first kappa shape index (κ1) is 25.4. The van der Waals surface area contributed by atoms with Gasteiger partial charge in [-0.2, -0.15) is 13.2 Å². The van der Waals surface area contributed by atoms with E-state index in [1.54, 1.807) is 0 Å². The molecule has 1 unspecified atom stereocenters. The predicted octanol–water partition coefficient (Wildman–Crippen LogP) is 5.58. The second-order valence-electron chi connectivity index (χ2n) is 7.53. The number of rotatable bonds is 7. The van der Waals surface area contributed by atoms with Gasteiger partial charge in [-0.15, -0.1) is 11.3 Å². The van der Waals surface area contributed by atoms with Crippen molar-refractivity contribution in [3.63, 3.8) is 0 Å². The van der Waals surface area contributed by atoms with Crippen molar-refractivity contribution in [3.05, 3.63) is 75.3 Å². The molecule has 1 atom stereocenters. The van der Waals surface area contributed by atoms with Crippen LogP contribution in [0.5, 0.6) is 5.75 Å². The standard InChI is InChI=1S/C22H18ClF4N3O3S2/c23-16-8-20(35(31,32)30-21-11-34-12-29-21)17(24)9-19(16)33-10-18-15(2-1-7-28-18)13-3-5-14(6-4-13)22(25,26)27/h2-6,8-9,11-12,18,28,30H,1,7,10H2. The van der Waals surface area contributed by atoms with E-state index in [2.05, 4.69) is 15.0 Å². The SMILES string of the molecule is O=S(=O)(Nc1cscn1)c1cc(Cl)c(OCC2NCCC=C2c2ccc(C(F)(F)F)cc2)cc1F. The number of aromatic nitrogens is 1. The first-order valence-electron chi connectivity index (χ1n) is 10.2. The summed E-state index contributed by atoms with van der Waals surface area (Å²) in [4.78, 5) is 3.14. The zero-order valence-corrected chi connectivity index (χ0v) is 20.2. The Bertz CT molecular complexity index is 1330. The fraction of sp³-hybridized carbons (Fsp3) is 0.227. The van der Waals surface area contributed by atoms with Crippen LogP contribution in [0.3, 0.4) is 0 Å². The maximum atomic E-state index is 14.7. The van der Waals surface area contributed by atoms with Gasteiger partial charge in [-0.25, -0.2) is 17.8 Å². The topological polar surface area (TPSA) is 80.3 Å². The monoisotopic (exact) mass is 547 g/mol. The molecular weight excluding hydrogens is 530 g/mol. The lowest BCUT2D eigenvalue weighted by Gasteiger charge is -2.26. The van der Waals surface area contributed by atoms with E-state index >= 15 is 0 Å². The van der Waals surface area contributed by atoms with Crippen molar-refractivity contribution in [1.82, 2.24) is 10.3 Å². The van der Waals surface area contributed by atoms with Crippen LogP contribution in [-0.2, 0) is 16.2 Å². The average molecular weight is 548 g/mol. The minimum atomic E-state index is -4.43. The molecule has 1 aliphatic heterocycles. The maximum absolute atomic E-state index is 14.7. The maximum Gasteiger partial charge on any atom is 0.416 e. The highest BCUT2D eigenvalue weighted by molar-refractivity contribution is 7.92. The number of hydrogen-bond donors (Lipinski definition) is 2. The van der Waals surface area contributed by atoms with E-state index in [9.17, 15) is 26.0 Å². The number of thiazole rings is 1. The van der Waals surface area contributed by atoms with Crippen molar-refractivity contribution in [2.45, 2.75) is 23.5 Å². The number of ether oxygens (including phenoxy) is 1. The largest absolute Gasteiger partial charge is 0.490 e. The zero-order chi connectivity index (χ0) is 25.2. The van der Waals surface area contributed by atoms with Gasteiger partial charge in [-0.05, 0) is 42.3 Å². The lowest BCUT2D eigenvalue weighted by molar-refractivity contribution is -0.137. The summed E-state index contributed by atoms with van der Waals surface area (Å²) < 4.78 is 86.2. The van der Waals surface area contributed by atoms with Gasteiger partial charge in [-0.3, -0.25) is 4.72 Å². The minimum absolute atomic E-state index is 0.0187. The second-order valence-corrected chi connectivity index (χ2v) is 10.3. The summed E-state index contributed by atoms with van der Waals surface area (Å²) in [5.41, 5.74) is 1.99. The van der Waals surface area contributed by atoms with Gasteiger partial charge in [0.05, 0.1) is 22.1 Å². The van der Waals surface area contributed by atoms with E-state index in [-0.39, 0.29) is 23.2 Å². The molecule has 4 rings (SSSR count). The van der Waals surface area contributed by atoms with E-state index in [1.165, 1.54) is 34.4 Å². The zero-order valence-electron chi connectivity index (χ0n) is 17.8. The number of anilines is 1. The van der Waals surface area contributed by atoms with Crippen molar-refractivity contribution in [1.29, 1.82) is 0 Å². The van der Waals surface area contributed by atoms with E-state index in [0.29, 0.717) is 18.5 Å². The summed E-state index contributed by atoms with van der Waals surface area (Å²) in [6, 6.07) is 6.20. The van der Waals surface area contributed by atoms with Crippen LogP contribution >= 0.6 is 22.9 Å². The minimum Gasteiger partial charge on any atom is -0.490 e. The summed E-state index contributed by atoms with van der Waals surface area (Å²) in [5.74, 6) is -1.09. The van der Waals surface area contributed by atoms with Crippen LogP contribution in [0.1, 0.15) is 17.5 Å². The molecule has 1 aliphatic rings. The molecule has 3 aromatic rings. The Hall–Kier alpha value is -2.67. The van der Waals surface area contributed by atoms with Gasteiger partial charge >= 0.3 is 6.18 Å². The Balaban J connectivity index is 1.50. The summed E-state index contributed by atoms with van der Waals surface area (Å²) in [6.45, 7) is 0.592. The van der Waals surface area contributed by atoms with Gasteiger partial charge in [-0.1, -0.05) is 29.8 Å². The van der Waals surface area contributed by atoms with E-state index < -0.39 is 38.5 Å². The van der Waals surface area contributed by atoms with Crippen LogP contribution < -0.4 is 14.8 Å². The van der Waals surface area contributed by atoms with Crippen molar-refractivity contribution < 1.29 is 30.7 Å². The molecule has 0 saturated heterocycles. The number of halogens is 5. The molecule has 2 aromatic carbocycles. The molecule has 2 heterocycles. The number of nitrogens with one attached hydrogen (secondary N) is 2. The highest BCUT2D eigenvalue weighted by atomic mass is 35.5. The van der Waals surface area contributed by atoms with Crippen LogP contribution in [0.4, 0.5) is 23.4 Å². The van der Waals surface area contributed by atoms with E-state index in [0.717, 1.165) is 29.8 Å². The summed E-state index contributed by atoms with van der Waals surface area (Å²) in [5, 5.41) is 4.54. The van der Waals surface area contributed by atoms with Crippen molar-refractivity contribution in [2.24, 2.45) is 0 Å². The molecular formula is C22H18ClF4N3O3S2. The van der Waals surface area contributed by atoms with Crippen molar-refractivity contribution in [3.8, 4) is 5.75 Å². The number of alkyl halides is 3. The van der Waals surface area contributed by atoms with Gasteiger partial charge in [0.2, 0.25) is 0 Å². The molecule has 2 N–H and O–H groups in total. The number of nitrogens with zero attached hydrogens (tertiary/aromatic N) is 1. The van der Waals surface area contributed by atoms with Gasteiger partial charge in [0, 0.05) is 11.4 Å². The van der Waals surface area contributed by atoms with Crippen LogP contribution in [0.15, 0.2) is 58.3 Å². The fourth-order valence-electron chi connectivity index (χ4n) is 3.51. The molecule has 6 nitrogen and oxygen atoms in total. The van der Waals surface area contributed by atoms with Crippen molar-refractivity contribution in [2.75, 3.05) is 17.9 Å². The molecule has 0 radical (unpaired) electrons. The molecule has 0 aliphatic carbocycles. The van der Waals surface area contributed by atoms with Gasteiger partial charge in [0.1, 0.15) is 23.1 Å². The Morgan fingerprint density at radius 1 is 1.23 bits per heavy atom. The van der Waals surface area contributed by atoms with E-state index in [1.807, 2.05) is 6.08 Å². The molecule has 0 fully saturated rings. The van der Waals surface area contributed by atoms with Gasteiger partial charge in [0.15, 0.2) is 5.82 Å². The summed E-state index contributed by atoms with van der Waals surface area (Å²) >= 11 is 7.35. The number of sulfonamides is 1. The Kier molecular flexibility index (Phi) is 7.36. The van der Waals surface area contributed by atoms with Gasteiger partial charge in [0.25, 0.3) is 10.0 Å². The Morgan fingerprint density at radius 2 is 1.97 bits per heavy atom. The summed E-state index contributed by atoms with van der Waals surface area (Å²) in [6.07, 6.45) is -1.87. The number of benzene rings is 2. The molecule has 1 aromatic heterocycles.